The molecule has 0 aromatic rings. The summed E-state index contributed by atoms with van der Waals surface area (Å²) in [4.78, 5) is 0. The summed E-state index contributed by atoms with van der Waals surface area (Å²) in [5.74, 6) is 1.23. The van der Waals surface area contributed by atoms with E-state index in [2.05, 4.69) is 10.6 Å². The van der Waals surface area contributed by atoms with Gasteiger partial charge in [-0.3, -0.25) is 0 Å². The van der Waals surface area contributed by atoms with Crippen molar-refractivity contribution in [1.82, 2.24) is 10.6 Å². The number of nitrogens with one attached hydrogen (secondary N) is 2. The van der Waals surface area contributed by atoms with Crippen LogP contribution in [-0.4, -0.2) is 36.4 Å². The number of hydrogen-bond acceptors (Lipinski definition) is 3. The molecule has 21 heavy (non-hydrogen) atoms. The Bertz CT molecular complexity index is 322. The Balaban J connectivity index is 1.72. The minimum absolute atomic E-state index is 0.392. The van der Waals surface area contributed by atoms with Gasteiger partial charge in [0, 0.05) is 6.04 Å². The van der Waals surface area contributed by atoms with E-state index in [0.29, 0.717) is 17.9 Å². The summed E-state index contributed by atoms with van der Waals surface area (Å²) in [6, 6.07) is 0.556. The van der Waals surface area contributed by atoms with Crippen LogP contribution in [0.5, 0.6) is 0 Å². The summed E-state index contributed by atoms with van der Waals surface area (Å²) >= 11 is 0. The molecule has 0 aromatic heterocycles. The van der Waals surface area contributed by atoms with Crippen LogP contribution in [-0.2, 0) is 0 Å². The Labute approximate surface area is 130 Å². The third-order valence-corrected chi connectivity index (χ3v) is 6.25. The van der Waals surface area contributed by atoms with Crippen molar-refractivity contribution in [2.24, 2.45) is 11.8 Å². The van der Waals surface area contributed by atoms with E-state index in [0.717, 1.165) is 25.9 Å². The fourth-order valence-electron chi connectivity index (χ4n) is 5.08. The van der Waals surface area contributed by atoms with Crippen LogP contribution in [0.2, 0.25) is 0 Å². The van der Waals surface area contributed by atoms with E-state index in [9.17, 15) is 5.11 Å². The van der Waals surface area contributed by atoms with Gasteiger partial charge < -0.3 is 15.7 Å². The zero-order chi connectivity index (χ0) is 14.5. The molecule has 0 spiro atoms. The molecule has 0 radical (unpaired) electrons. The predicted molar refractivity (Wildman–Crippen MR) is 87.4 cm³/mol. The number of fused-ring (bicyclic) bond motifs is 4. The number of rotatable bonds is 0. The van der Waals surface area contributed by atoms with E-state index in [1.165, 1.54) is 64.3 Å². The van der Waals surface area contributed by atoms with E-state index in [1.807, 2.05) is 0 Å². The van der Waals surface area contributed by atoms with Gasteiger partial charge >= 0.3 is 0 Å². The Morgan fingerprint density at radius 2 is 1.67 bits per heavy atom. The van der Waals surface area contributed by atoms with Gasteiger partial charge in [0.05, 0.1) is 5.60 Å². The molecule has 2 heterocycles. The number of aliphatic hydroxyl groups is 1. The topological polar surface area (TPSA) is 44.3 Å². The standard InChI is InChI=1S/C18H34N2O/c21-18-10-12-20-16(13-18)8-3-1-2-6-11-19-14-15-7-4-5-9-17(15)18/h15-17,19-21H,1-14H2. The maximum atomic E-state index is 11.4. The molecule has 3 N–H and O–H groups in total. The normalized spacial score (nSPS) is 43.0. The summed E-state index contributed by atoms with van der Waals surface area (Å²) in [6.07, 6.45) is 13.8. The molecule has 2 aliphatic heterocycles. The van der Waals surface area contributed by atoms with Crippen LogP contribution in [0, 0.1) is 11.8 Å². The van der Waals surface area contributed by atoms with Crippen molar-refractivity contribution in [2.75, 3.05) is 19.6 Å². The lowest BCUT2D eigenvalue weighted by atomic mass is 9.65. The first kappa shape index (κ1) is 15.8. The van der Waals surface area contributed by atoms with E-state index in [1.54, 1.807) is 0 Å². The van der Waals surface area contributed by atoms with Gasteiger partial charge in [-0.15, -0.1) is 0 Å². The number of hydrogen-bond donors (Lipinski definition) is 3. The fourth-order valence-corrected chi connectivity index (χ4v) is 5.08. The van der Waals surface area contributed by atoms with E-state index in [4.69, 9.17) is 0 Å². The van der Waals surface area contributed by atoms with Crippen molar-refractivity contribution < 1.29 is 5.11 Å². The van der Waals surface area contributed by atoms with E-state index in [-0.39, 0.29) is 0 Å². The SMILES string of the molecule is OC12CCNC(CCCCCCNCC3CCCCC31)C2. The Morgan fingerprint density at radius 3 is 2.62 bits per heavy atom. The summed E-state index contributed by atoms with van der Waals surface area (Å²) in [5, 5.41) is 18.7. The summed E-state index contributed by atoms with van der Waals surface area (Å²) < 4.78 is 0. The fraction of sp³-hybridized carbons (Fsp3) is 1.00. The second-order valence-corrected chi connectivity index (χ2v) is 7.77. The molecule has 2 bridgehead atoms. The highest BCUT2D eigenvalue weighted by molar-refractivity contribution is 4.98. The van der Waals surface area contributed by atoms with Crippen molar-refractivity contribution in [1.29, 1.82) is 0 Å². The molecule has 3 aliphatic rings. The van der Waals surface area contributed by atoms with Gasteiger partial charge in [0.1, 0.15) is 0 Å². The zero-order valence-corrected chi connectivity index (χ0v) is 13.6. The molecule has 2 saturated heterocycles. The van der Waals surface area contributed by atoms with Crippen molar-refractivity contribution in [3.8, 4) is 0 Å². The zero-order valence-electron chi connectivity index (χ0n) is 13.6. The van der Waals surface area contributed by atoms with Crippen molar-refractivity contribution >= 4 is 0 Å². The molecule has 4 unspecified atom stereocenters. The van der Waals surface area contributed by atoms with Crippen LogP contribution in [0.3, 0.4) is 0 Å². The smallest absolute Gasteiger partial charge is 0.0705 e. The molecule has 0 aromatic carbocycles. The van der Waals surface area contributed by atoms with Crippen LogP contribution in [0.15, 0.2) is 0 Å². The summed E-state index contributed by atoms with van der Waals surface area (Å²) in [6.45, 7) is 3.31. The molecule has 1 aliphatic carbocycles. The molecule has 3 nitrogen and oxygen atoms in total. The van der Waals surface area contributed by atoms with E-state index < -0.39 is 5.60 Å². The quantitative estimate of drug-likeness (QED) is 0.644. The molecular formula is C18H34N2O. The largest absolute Gasteiger partial charge is 0.389 e. The lowest BCUT2D eigenvalue weighted by Crippen LogP contribution is -2.55. The van der Waals surface area contributed by atoms with Crippen molar-refractivity contribution in [3.05, 3.63) is 0 Å². The maximum Gasteiger partial charge on any atom is 0.0705 e. The van der Waals surface area contributed by atoms with Gasteiger partial charge in [0.15, 0.2) is 0 Å². The average molecular weight is 294 g/mol. The minimum atomic E-state index is -0.392. The molecule has 3 fully saturated rings. The highest BCUT2D eigenvalue weighted by atomic mass is 16.3. The molecule has 0 amide bonds. The van der Waals surface area contributed by atoms with Gasteiger partial charge in [-0.05, 0) is 70.0 Å². The van der Waals surface area contributed by atoms with Crippen LogP contribution in [0.25, 0.3) is 0 Å². The summed E-state index contributed by atoms with van der Waals surface area (Å²) in [7, 11) is 0. The third kappa shape index (κ3) is 4.00. The van der Waals surface area contributed by atoms with Crippen LogP contribution < -0.4 is 10.6 Å². The first-order chi connectivity index (χ1) is 10.3. The third-order valence-electron chi connectivity index (χ3n) is 6.25. The average Bonchev–Trinajstić information content (AvgIpc) is 2.50. The monoisotopic (exact) mass is 294 g/mol. The van der Waals surface area contributed by atoms with Crippen LogP contribution in [0.4, 0.5) is 0 Å². The highest BCUT2D eigenvalue weighted by Gasteiger charge is 2.44. The highest BCUT2D eigenvalue weighted by Crippen LogP contribution is 2.42. The Kier molecular flexibility index (Phi) is 5.58. The summed E-state index contributed by atoms with van der Waals surface area (Å²) in [5.41, 5.74) is -0.392. The van der Waals surface area contributed by atoms with Gasteiger partial charge in [-0.2, -0.15) is 0 Å². The first-order valence-corrected chi connectivity index (χ1v) is 9.44. The molecule has 1 saturated carbocycles. The minimum Gasteiger partial charge on any atom is -0.389 e. The van der Waals surface area contributed by atoms with Gasteiger partial charge in [-0.25, -0.2) is 0 Å². The molecular weight excluding hydrogens is 260 g/mol. The predicted octanol–water partition coefficient (Wildman–Crippen LogP) is 2.83. The lowest BCUT2D eigenvalue weighted by molar-refractivity contribution is -0.0872. The second-order valence-electron chi connectivity index (χ2n) is 7.77. The Morgan fingerprint density at radius 1 is 0.857 bits per heavy atom. The van der Waals surface area contributed by atoms with Gasteiger partial charge in [0.2, 0.25) is 0 Å². The Hall–Kier alpha value is -0.120. The van der Waals surface area contributed by atoms with Gasteiger partial charge in [-0.1, -0.05) is 32.1 Å². The van der Waals surface area contributed by atoms with Crippen molar-refractivity contribution in [3.63, 3.8) is 0 Å². The van der Waals surface area contributed by atoms with Crippen LogP contribution in [0.1, 0.15) is 70.6 Å². The number of piperidine rings is 1. The maximum absolute atomic E-state index is 11.4. The molecule has 4 atom stereocenters. The van der Waals surface area contributed by atoms with E-state index >= 15 is 0 Å². The molecule has 122 valence electrons. The first-order valence-electron chi connectivity index (χ1n) is 9.44. The lowest BCUT2D eigenvalue weighted by Gasteiger charge is -2.47. The van der Waals surface area contributed by atoms with Gasteiger partial charge in [0.25, 0.3) is 0 Å². The molecule has 3 rings (SSSR count). The van der Waals surface area contributed by atoms with Crippen LogP contribution >= 0.6 is 0 Å². The molecule has 3 heteroatoms. The second kappa shape index (κ2) is 7.43. The van der Waals surface area contributed by atoms with Crippen molar-refractivity contribution in [2.45, 2.75) is 82.3 Å².